The average Bonchev–Trinajstić information content (AvgIpc) is 3.11. The first-order valence-electron chi connectivity index (χ1n) is 7.64. The highest BCUT2D eigenvalue weighted by molar-refractivity contribution is 7.98. The molecular weight excluding hydrogens is 300 g/mol. The number of aryl methyl sites for hydroxylation is 2. The van der Waals surface area contributed by atoms with E-state index in [-0.39, 0.29) is 6.04 Å². The molecule has 3 rings (SSSR count). The summed E-state index contributed by atoms with van der Waals surface area (Å²) in [7, 11) is 0. The minimum Gasteiger partial charge on any atom is -0.305 e. The molecule has 1 aliphatic heterocycles. The van der Waals surface area contributed by atoms with Crippen LogP contribution in [0.4, 0.5) is 0 Å². The number of thioether (sulfide) groups is 1. The zero-order valence-corrected chi connectivity index (χ0v) is 14.3. The molecule has 6 heteroatoms. The summed E-state index contributed by atoms with van der Waals surface area (Å²) in [6, 6.07) is 2.61. The van der Waals surface area contributed by atoms with Crippen LogP contribution in [0.2, 0.25) is 0 Å². The third kappa shape index (κ3) is 3.17. The fourth-order valence-electron chi connectivity index (χ4n) is 2.74. The van der Waals surface area contributed by atoms with Crippen molar-refractivity contribution < 1.29 is 0 Å². The van der Waals surface area contributed by atoms with Crippen molar-refractivity contribution in [3.05, 3.63) is 33.3 Å². The summed E-state index contributed by atoms with van der Waals surface area (Å²) < 4.78 is 2.04. The number of fused-ring (bicyclic) bond motifs is 1. The van der Waals surface area contributed by atoms with Gasteiger partial charge >= 0.3 is 0 Å². The summed E-state index contributed by atoms with van der Waals surface area (Å²) in [5.74, 6) is 2.42. The molecule has 0 fully saturated rings. The highest BCUT2D eigenvalue weighted by atomic mass is 32.2. The molecule has 2 aromatic heterocycles. The third-order valence-corrected chi connectivity index (χ3v) is 6.03. The van der Waals surface area contributed by atoms with Gasteiger partial charge in [-0.25, -0.2) is 4.68 Å². The van der Waals surface area contributed by atoms with Gasteiger partial charge in [-0.3, -0.25) is 0 Å². The lowest BCUT2D eigenvalue weighted by Gasteiger charge is -2.17. The molecule has 1 N–H and O–H groups in total. The van der Waals surface area contributed by atoms with Crippen molar-refractivity contribution in [2.24, 2.45) is 0 Å². The van der Waals surface area contributed by atoms with E-state index in [2.05, 4.69) is 35.5 Å². The van der Waals surface area contributed by atoms with Crippen LogP contribution in [0.15, 0.2) is 12.3 Å². The highest BCUT2D eigenvalue weighted by Gasteiger charge is 2.23. The zero-order valence-electron chi connectivity index (χ0n) is 12.6. The van der Waals surface area contributed by atoms with E-state index in [1.54, 1.807) is 4.88 Å². The molecule has 0 bridgehead atoms. The topological polar surface area (TPSA) is 42.7 Å². The SMILES string of the molecule is CCCn1nncc1C(NCC)c1cc2c(s1)CCSC2. The molecule has 2 aromatic rings. The number of rotatable bonds is 6. The number of nitrogens with zero attached hydrogens (tertiary/aromatic N) is 3. The minimum atomic E-state index is 0.220. The predicted molar refractivity (Wildman–Crippen MR) is 90.0 cm³/mol. The quantitative estimate of drug-likeness (QED) is 0.886. The molecule has 1 aliphatic rings. The fraction of sp³-hybridized carbons (Fsp3) is 0.600. The molecule has 0 saturated heterocycles. The van der Waals surface area contributed by atoms with E-state index in [1.807, 2.05) is 34.0 Å². The van der Waals surface area contributed by atoms with Gasteiger partial charge in [0.25, 0.3) is 0 Å². The molecule has 0 radical (unpaired) electrons. The first kappa shape index (κ1) is 15.1. The van der Waals surface area contributed by atoms with Gasteiger partial charge in [0.1, 0.15) is 0 Å². The number of thiophene rings is 1. The number of hydrogen-bond donors (Lipinski definition) is 1. The first-order chi connectivity index (χ1) is 10.3. The highest BCUT2D eigenvalue weighted by Crippen LogP contribution is 2.36. The van der Waals surface area contributed by atoms with Crippen LogP contribution < -0.4 is 5.32 Å². The summed E-state index contributed by atoms with van der Waals surface area (Å²) in [6.07, 6.45) is 4.21. The Kier molecular flexibility index (Phi) is 4.98. The van der Waals surface area contributed by atoms with Crippen molar-refractivity contribution in [2.45, 2.75) is 45.0 Å². The van der Waals surface area contributed by atoms with Gasteiger partial charge < -0.3 is 5.32 Å². The Balaban J connectivity index is 1.93. The summed E-state index contributed by atoms with van der Waals surface area (Å²) in [5, 5.41) is 12.0. The molecule has 0 aliphatic carbocycles. The standard InChI is InChI=1S/C15H22N4S2/c1-3-6-19-12(9-17-18-19)15(16-4-2)14-8-11-10-20-7-5-13(11)21-14/h8-9,15-16H,3-7,10H2,1-2H3. The monoisotopic (exact) mass is 322 g/mol. The molecule has 114 valence electrons. The maximum atomic E-state index is 4.24. The molecular formula is C15H22N4S2. The van der Waals surface area contributed by atoms with Crippen LogP contribution in [0.1, 0.15) is 47.3 Å². The maximum absolute atomic E-state index is 4.24. The molecule has 4 nitrogen and oxygen atoms in total. The molecule has 0 amide bonds. The fourth-order valence-corrected chi connectivity index (χ4v) is 5.21. The summed E-state index contributed by atoms with van der Waals surface area (Å²) in [4.78, 5) is 2.98. The lowest BCUT2D eigenvalue weighted by Crippen LogP contribution is -2.24. The van der Waals surface area contributed by atoms with Gasteiger partial charge in [0.2, 0.25) is 0 Å². The van der Waals surface area contributed by atoms with Crippen LogP contribution in [-0.2, 0) is 18.7 Å². The maximum Gasteiger partial charge on any atom is 0.0858 e. The van der Waals surface area contributed by atoms with E-state index in [1.165, 1.54) is 28.3 Å². The van der Waals surface area contributed by atoms with Crippen molar-refractivity contribution in [1.82, 2.24) is 20.3 Å². The third-order valence-electron chi connectivity index (χ3n) is 3.72. The van der Waals surface area contributed by atoms with Crippen LogP contribution >= 0.6 is 23.1 Å². The zero-order chi connectivity index (χ0) is 14.7. The lowest BCUT2D eigenvalue weighted by atomic mass is 10.1. The van der Waals surface area contributed by atoms with Crippen molar-refractivity contribution >= 4 is 23.1 Å². The number of nitrogens with one attached hydrogen (secondary N) is 1. The second-order valence-electron chi connectivity index (χ2n) is 5.27. The van der Waals surface area contributed by atoms with Gasteiger partial charge in [0.05, 0.1) is 17.9 Å². The van der Waals surface area contributed by atoms with Crippen LogP contribution in [0.25, 0.3) is 0 Å². The Labute approximate surface area is 134 Å². The largest absolute Gasteiger partial charge is 0.305 e. The Bertz CT molecular complexity index is 567. The summed E-state index contributed by atoms with van der Waals surface area (Å²) in [5.41, 5.74) is 2.72. The number of aromatic nitrogens is 3. The molecule has 0 saturated carbocycles. The minimum absolute atomic E-state index is 0.220. The molecule has 0 aromatic carbocycles. The molecule has 1 unspecified atom stereocenters. The van der Waals surface area contributed by atoms with Gasteiger partial charge in [-0.05, 0) is 36.8 Å². The second kappa shape index (κ2) is 6.94. The molecule has 21 heavy (non-hydrogen) atoms. The van der Waals surface area contributed by atoms with Gasteiger partial charge in [-0.15, -0.1) is 16.4 Å². The molecule has 1 atom stereocenters. The molecule has 3 heterocycles. The van der Waals surface area contributed by atoms with Crippen molar-refractivity contribution in [1.29, 1.82) is 0 Å². The van der Waals surface area contributed by atoms with E-state index in [9.17, 15) is 0 Å². The molecule has 0 spiro atoms. The van der Waals surface area contributed by atoms with Gasteiger partial charge in [0, 0.05) is 22.1 Å². The van der Waals surface area contributed by atoms with Crippen LogP contribution in [0, 0.1) is 0 Å². The van der Waals surface area contributed by atoms with Crippen LogP contribution in [0.5, 0.6) is 0 Å². The number of hydrogen-bond acceptors (Lipinski definition) is 5. The van der Waals surface area contributed by atoms with E-state index in [0.717, 1.165) is 25.3 Å². The average molecular weight is 323 g/mol. The Hall–Kier alpha value is -0.850. The van der Waals surface area contributed by atoms with Crippen molar-refractivity contribution in [3.8, 4) is 0 Å². The Morgan fingerprint density at radius 2 is 2.33 bits per heavy atom. The summed E-state index contributed by atoms with van der Waals surface area (Å²) in [6.45, 7) is 6.20. The van der Waals surface area contributed by atoms with E-state index in [0.29, 0.717) is 0 Å². The van der Waals surface area contributed by atoms with E-state index >= 15 is 0 Å². The predicted octanol–water partition coefficient (Wildman–Crippen LogP) is 3.24. The summed E-state index contributed by atoms with van der Waals surface area (Å²) >= 11 is 4.00. The van der Waals surface area contributed by atoms with E-state index < -0.39 is 0 Å². The lowest BCUT2D eigenvalue weighted by molar-refractivity contribution is 0.514. The Morgan fingerprint density at radius 3 is 3.10 bits per heavy atom. The van der Waals surface area contributed by atoms with E-state index in [4.69, 9.17) is 0 Å². The van der Waals surface area contributed by atoms with Crippen LogP contribution in [0.3, 0.4) is 0 Å². The van der Waals surface area contributed by atoms with Gasteiger partial charge in [-0.1, -0.05) is 19.1 Å². The van der Waals surface area contributed by atoms with Crippen LogP contribution in [-0.4, -0.2) is 27.3 Å². The first-order valence-corrected chi connectivity index (χ1v) is 9.61. The smallest absolute Gasteiger partial charge is 0.0858 e. The van der Waals surface area contributed by atoms with Gasteiger partial charge in [-0.2, -0.15) is 11.8 Å². The Morgan fingerprint density at radius 1 is 1.43 bits per heavy atom. The van der Waals surface area contributed by atoms with Crippen molar-refractivity contribution in [2.75, 3.05) is 12.3 Å². The second-order valence-corrected chi connectivity index (χ2v) is 7.55. The van der Waals surface area contributed by atoms with Gasteiger partial charge in [0.15, 0.2) is 0 Å². The normalized spacial score (nSPS) is 15.9. The van der Waals surface area contributed by atoms with Crippen molar-refractivity contribution in [3.63, 3.8) is 0 Å².